The third-order valence-corrected chi connectivity index (χ3v) is 5.66. The number of likely N-dealkylation sites (tertiary alicyclic amines) is 2. The summed E-state index contributed by atoms with van der Waals surface area (Å²) in [5, 5.41) is 4.19. The number of methoxy groups -OCH3 is 1. The zero-order valence-corrected chi connectivity index (χ0v) is 15.2. The molecule has 2 aliphatic heterocycles. The number of ether oxygens (including phenoxy) is 1. The number of carbonyl (C=O) groups is 2. The largest absolute Gasteiger partial charge is 0.383 e. The standard InChI is InChI=1S/C18H28N4O3/c1-3-22-15(5-9-19-22)17(24)20-10-7-18(8-11-20)6-4-16(23)21(14-18)12-13-25-2/h5,9H,3-4,6-8,10-14H2,1-2H3. The highest BCUT2D eigenvalue weighted by Gasteiger charge is 2.41. The molecule has 1 spiro atoms. The lowest BCUT2D eigenvalue weighted by atomic mass is 9.72. The van der Waals surface area contributed by atoms with Gasteiger partial charge in [0.1, 0.15) is 5.69 Å². The SMILES string of the molecule is CCn1nccc1C(=O)N1CCC2(CCC(=O)N(CCOC)C2)CC1. The van der Waals surface area contributed by atoms with E-state index in [-0.39, 0.29) is 17.2 Å². The van der Waals surface area contributed by atoms with Crippen molar-refractivity contribution in [1.29, 1.82) is 0 Å². The van der Waals surface area contributed by atoms with Crippen molar-refractivity contribution >= 4 is 11.8 Å². The van der Waals surface area contributed by atoms with Gasteiger partial charge in [0.15, 0.2) is 0 Å². The minimum Gasteiger partial charge on any atom is -0.383 e. The fourth-order valence-electron chi connectivity index (χ4n) is 4.03. The van der Waals surface area contributed by atoms with Gasteiger partial charge in [-0.2, -0.15) is 5.10 Å². The van der Waals surface area contributed by atoms with Crippen LogP contribution in [0.2, 0.25) is 0 Å². The van der Waals surface area contributed by atoms with E-state index in [0.717, 1.165) is 38.9 Å². The Labute approximate surface area is 148 Å². The smallest absolute Gasteiger partial charge is 0.272 e. The molecular weight excluding hydrogens is 320 g/mol. The molecule has 25 heavy (non-hydrogen) atoms. The molecule has 0 aliphatic carbocycles. The molecule has 0 bridgehead atoms. The molecule has 2 aliphatic rings. The molecule has 2 amide bonds. The Hall–Kier alpha value is -1.89. The summed E-state index contributed by atoms with van der Waals surface area (Å²) in [6.07, 6.45) is 5.14. The highest BCUT2D eigenvalue weighted by molar-refractivity contribution is 5.92. The van der Waals surface area contributed by atoms with Crippen molar-refractivity contribution in [3.63, 3.8) is 0 Å². The summed E-state index contributed by atoms with van der Waals surface area (Å²) in [6, 6.07) is 1.79. The van der Waals surface area contributed by atoms with Crippen molar-refractivity contribution in [3.8, 4) is 0 Å². The minimum absolute atomic E-state index is 0.0670. The summed E-state index contributed by atoms with van der Waals surface area (Å²) in [6.45, 7) is 6.22. The summed E-state index contributed by atoms with van der Waals surface area (Å²) in [5.41, 5.74) is 0.822. The Balaban J connectivity index is 1.61. The Morgan fingerprint density at radius 3 is 2.76 bits per heavy atom. The van der Waals surface area contributed by atoms with Crippen LogP contribution in [0, 0.1) is 5.41 Å². The van der Waals surface area contributed by atoms with Crippen molar-refractivity contribution in [3.05, 3.63) is 18.0 Å². The van der Waals surface area contributed by atoms with Crippen LogP contribution in [0.1, 0.15) is 43.1 Å². The molecule has 7 heteroatoms. The van der Waals surface area contributed by atoms with Crippen LogP contribution in [-0.4, -0.2) is 71.3 Å². The molecule has 0 unspecified atom stereocenters. The molecule has 3 rings (SSSR count). The maximum absolute atomic E-state index is 12.8. The number of carbonyl (C=O) groups excluding carboxylic acids is 2. The zero-order valence-electron chi connectivity index (χ0n) is 15.2. The van der Waals surface area contributed by atoms with Crippen LogP contribution in [0.15, 0.2) is 12.3 Å². The van der Waals surface area contributed by atoms with Gasteiger partial charge in [-0.15, -0.1) is 0 Å². The predicted molar refractivity (Wildman–Crippen MR) is 93.2 cm³/mol. The summed E-state index contributed by atoms with van der Waals surface area (Å²) in [7, 11) is 1.66. The Kier molecular flexibility index (Phi) is 5.42. The second kappa shape index (κ2) is 7.56. The lowest BCUT2D eigenvalue weighted by molar-refractivity contribution is -0.139. The number of nitrogens with zero attached hydrogens (tertiary/aromatic N) is 4. The van der Waals surface area contributed by atoms with E-state index < -0.39 is 0 Å². The molecule has 1 aromatic heterocycles. The van der Waals surface area contributed by atoms with Gasteiger partial charge < -0.3 is 14.5 Å². The number of piperidine rings is 2. The number of hydrogen-bond donors (Lipinski definition) is 0. The first kappa shape index (κ1) is 17.9. The topological polar surface area (TPSA) is 67.7 Å². The Bertz CT molecular complexity index is 620. The number of amides is 2. The molecule has 2 saturated heterocycles. The first-order chi connectivity index (χ1) is 12.1. The lowest BCUT2D eigenvalue weighted by Gasteiger charge is -2.47. The van der Waals surface area contributed by atoms with Crippen LogP contribution in [0.4, 0.5) is 0 Å². The third-order valence-electron chi connectivity index (χ3n) is 5.66. The Morgan fingerprint density at radius 1 is 1.32 bits per heavy atom. The molecule has 0 saturated carbocycles. The maximum Gasteiger partial charge on any atom is 0.272 e. The van der Waals surface area contributed by atoms with Crippen molar-refractivity contribution in [2.45, 2.75) is 39.2 Å². The summed E-state index contributed by atoms with van der Waals surface area (Å²) < 4.78 is 6.87. The molecule has 0 aromatic carbocycles. The molecule has 138 valence electrons. The van der Waals surface area contributed by atoms with E-state index in [1.54, 1.807) is 24.1 Å². The van der Waals surface area contributed by atoms with Gasteiger partial charge in [-0.05, 0) is 37.7 Å². The van der Waals surface area contributed by atoms with Gasteiger partial charge in [0, 0.05) is 52.5 Å². The van der Waals surface area contributed by atoms with E-state index in [9.17, 15) is 9.59 Å². The van der Waals surface area contributed by atoms with E-state index in [4.69, 9.17) is 4.74 Å². The van der Waals surface area contributed by atoms with Crippen LogP contribution in [0.25, 0.3) is 0 Å². The Morgan fingerprint density at radius 2 is 2.08 bits per heavy atom. The van der Waals surface area contributed by atoms with E-state index in [1.807, 2.05) is 16.7 Å². The lowest BCUT2D eigenvalue weighted by Crippen LogP contribution is -2.53. The zero-order chi connectivity index (χ0) is 17.9. The molecular formula is C18H28N4O3. The number of hydrogen-bond acceptors (Lipinski definition) is 4. The number of aromatic nitrogens is 2. The first-order valence-electron chi connectivity index (χ1n) is 9.16. The molecule has 0 atom stereocenters. The average molecular weight is 348 g/mol. The monoisotopic (exact) mass is 348 g/mol. The van der Waals surface area contributed by atoms with E-state index >= 15 is 0 Å². The minimum atomic E-state index is 0.0670. The van der Waals surface area contributed by atoms with Gasteiger partial charge in [-0.1, -0.05) is 0 Å². The third kappa shape index (κ3) is 3.71. The van der Waals surface area contributed by atoms with Crippen molar-refractivity contribution in [2.75, 3.05) is 39.9 Å². The van der Waals surface area contributed by atoms with Gasteiger partial charge >= 0.3 is 0 Å². The van der Waals surface area contributed by atoms with Crippen molar-refractivity contribution in [1.82, 2.24) is 19.6 Å². The molecule has 7 nitrogen and oxygen atoms in total. The van der Waals surface area contributed by atoms with E-state index in [0.29, 0.717) is 31.8 Å². The van der Waals surface area contributed by atoms with E-state index in [1.165, 1.54) is 0 Å². The molecule has 0 N–H and O–H groups in total. The average Bonchev–Trinajstić information content (AvgIpc) is 3.11. The maximum atomic E-state index is 12.8. The van der Waals surface area contributed by atoms with Crippen LogP contribution in [0.3, 0.4) is 0 Å². The normalized spacial score (nSPS) is 20.3. The van der Waals surface area contributed by atoms with Gasteiger partial charge in [-0.3, -0.25) is 14.3 Å². The van der Waals surface area contributed by atoms with Crippen molar-refractivity contribution < 1.29 is 14.3 Å². The molecule has 2 fully saturated rings. The highest BCUT2D eigenvalue weighted by Crippen LogP contribution is 2.40. The van der Waals surface area contributed by atoms with E-state index in [2.05, 4.69) is 5.10 Å². The van der Waals surface area contributed by atoms with Crippen LogP contribution in [-0.2, 0) is 16.1 Å². The second-order valence-electron chi connectivity index (χ2n) is 7.13. The van der Waals surface area contributed by atoms with Gasteiger partial charge in [0.2, 0.25) is 5.91 Å². The summed E-state index contributed by atoms with van der Waals surface area (Å²) >= 11 is 0. The van der Waals surface area contributed by atoms with Crippen LogP contribution >= 0.6 is 0 Å². The molecule has 1 aromatic rings. The fourth-order valence-corrected chi connectivity index (χ4v) is 4.03. The number of rotatable bonds is 5. The van der Waals surface area contributed by atoms with Crippen LogP contribution < -0.4 is 0 Å². The first-order valence-corrected chi connectivity index (χ1v) is 9.16. The summed E-state index contributed by atoms with van der Waals surface area (Å²) in [4.78, 5) is 28.8. The molecule has 0 radical (unpaired) electrons. The predicted octanol–water partition coefficient (Wildman–Crippen LogP) is 1.39. The van der Waals surface area contributed by atoms with Gasteiger partial charge in [0.25, 0.3) is 5.91 Å². The van der Waals surface area contributed by atoms with Crippen molar-refractivity contribution in [2.24, 2.45) is 5.41 Å². The van der Waals surface area contributed by atoms with Gasteiger partial charge in [-0.25, -0.2) is 0 Å². The quantitative estimate of drug-likeness (QED) is 0.806. The van der Waals surface area contributed by atoms with Crippen LogP contribution in [0.5, 0.6) is 0 Å². The fraction of sp³-hybridized carbons (Fsp3) is 0.722. The highest BCUT2D eigenvalue weighted by atomic mass is 16.5. The molecule has 3 heterocycles. The van der Waals surface area contributed by atoms with Gasteiger partial charge in [0.05, 0.1) is 6.61 Å². The summed E-state index contributed by atoms with van der Waals surface area (Å²) in [5.74, 6) is 0.297. The second-order valence-corrected chi connectivity index (χ2v) is 7.13. The number of aryl methyl sites for hydroxylation is 1.